The summed E-state index contributed by atoms with van der Waals surface area (Å²) in [4.78, 5) is 41.2. The third kappa shape index (κ3) is 4.96. The number of hydrogen-bond donors (Lipinski definition) is 3. The number of primary amides is 1. The number of nitrogens with zero attached hydrogens (tertiary/aromatic N) is 2. The van der Waals surface area contributed by atoms with Gasteiger partial charge in [0.1, 0.15) is 4.88 Å². The molecule has 9 nitrogen and oxygen atoms in total. The average Bonchev–Trinajstić information content (AvgIpc) is 3.57. The summed E-state index contributed by atoms with van der Waals surface area (Å²) in [5.41, 5.74) is 12.6. The van der Waals surface area contributed by atoms with Gasteiger partial charge in [-0.1, -0.05) is 18.2 Å². The van der Waals surface area contributed by atoms with Crippen LogP contribution in [0.2, 0.25) is 0 Å². The van der Waals surface area contributed by atoms with Gasteiger partial charge in [0.15, 0.2) is 11.7 Å². The molecule has 5 N–H and O–H groups in total. The Morgan fingerprint density at radius 2 is 2.12 bits per heavy atom. The Balaban J connectivity index is 1.76. The van der Waals surface area contributed by atoms with Crippen molar-refractivity contribution in [1.82, 2.24) is 9.69 Å². The highest BCUT2D eigenvalue weighted by atomic mass is 32.1. The lowest BCUT2D eigenvalue weighted by atomic mass is 10.1. The Morgan fingerprint density at radius 1 is 1.29 bits per heavy atom. The van der Waals surface area contributed by atoms with Crippen molar-refractivity contribution in [3.8, 4) is 0 Å². The largest absolute Gasteiger partial charge is 0.395 e. The van der Waals surface area contributed by atoms with Crippen LogP contribution in [-0.2, 0) is 9.53 Å². The standard InChI is InChI=1S/C23H25N5O4S2/c1-13-5-2-6-14(11-13)28(23(31)20-17(24)18(21(25)29)27-34-20)19(16-8-4-10-33-16)22(30)26-12-15-7-3-9-32-15/h2,4-6,8,10-11,15,19H,3,7,9,12,24H2,1H3,(H2,25,29)(H,26,30)/t15-,19-/m0/s1. The average molecular weight is 500 g/mol. The molecule has 0 radical (unpaired) electrons. The Bertz CT molecular complexity index is 1190. The zero-order valence-corrected chi connectivity index (χ0v) is 20.2. The van der Waals surface area contributed by atoms with E-state index in [1.165, 1.54) is 16.2 Å². The Morgan fingerprint density at radius 3 is 2.74 bits per heavy atom. The van der Waals surface area contributed by atoms with Crippen LogP contribution in [0.15, 0.2) is 41.8 Å². The molecule has 3 heterocycles. The molecule has 3 amide bonds. The summed E-state index contributed by atoms with van der Waals surface area (Å²) < 4.78 is 9.60. The van der Waals surface area contributed by atoms with Crippen molar-refractivity contribution in [3.05, 3.63) is 62.8 Å². The van der Waals surface area contributed by atoms with Crippen LogP contribution in [0.5, 0.6) is 0 Å². The van der Waals surface area contributed by atoms with Gasteiger partial charge in [-0.2, -0.15) is 4.37 Å². The van der Waals surface area contributed by atoms with E-state index in [2.05, 4.69) is 9.69 Å². The quantitative estimate of drug-likeness (QED) is 0.435. The van der Waals surface area contributed by atoms with Crippen LogP contribution < -0.4 is 21.7 Å². The molecule has 1 aromatic carbocycles. The van der Waals surface area contributed by atoms with E-state index < -0.39 is 17.9 Å². The number of amides is 3. The third-order valence-corrected chi connectivity index (χ3v) is 7.28. The zero-order chi connectivity index (χ0) is 24.2. The summed E-state index contributed by atoms with van der Waals surface area (Å²) in [7, 11) is 0. The van der Waals surface area contributed by atoms with E-state index in [1.807, 2.05) is 42.6 Å². The minimum atomic E-state index is -0.964. The number of nitrogen functional groups attached to an aromatic ring is 1. The lowest BCUT2D eigenvalue weighted by molar-refractivity contribution is -0.122. The van der Waals surface area contributed by atoms with Crippen LogP contribution in [0.25, 0.3) is 0 Å². The molecule has 0 saturated carbocycles. The van der Waals surface area contributed by atoms with Crippen molar-refractivity contribution in [1.29, 1.82) is 0 Å². The van der Waals surface area contributed by atoms with E-state index >= 15 is 0 Å². The van der Waals surface area contributed by atoms with Crippen molar-refractivity contribution >= 4 is 52.0 Å². The summed E-state index contributed by atoms with van der Waals surface area (Å²) in [6.07, 6.45) is 1.78. The van der Waals surface area contributed by atoms with E-state index in [1.54, 1.807) is 6.07 Å². The summed E-state index contributed by atoms with van der Waals surface area (Å²) in [5.74, 6) is -1.70. The van der Waals surface area contributed by atoms with Gasteiger partial charge in [-0.25, -0.2) is 0 Å². The van der Waals surface area contributed by atoms with E-state index in [0.29, 0.717) is 23.7 Å². The van der Waals surface area contributed by atoms with Crippen molar-refractivity contribution in [2.24, 2.45) is 5.73 Å². The van der Waals surface area contributed by atoms with Gasteiger partial charge in [0.05, 0.1) is 11.8 Å². The molecule has 0 unspecified atom stereocenters. The molecule has 1 aliphatic rings. The Hall–Kier alpha value is -3.28. The molecule has 2 aromatic heterocycles. The molecule has 3 aromatic rings. The maximum atomic E-state index is 13.9. The molecule has 4 rings (SSSR count). The van der Waals surface area contributed by atoms with Crippen LogP contribution in [0, 0.1) is 6.92 Å². The fourth-order valence-corrected chi connectivity index (χ4v) is 5.39. The molecule has 1 saturated heterocycles. The fourth-order valence-electron chi connectivity index (χ4n) is 3.84. The number of thiophene rings is 1. The minimum Gasteiger partial charge on any atom is -0.395 e. The number of nitrogens with one attached hydrogen (secondary N) is 1. The lowest BCUT2D eigenvalue weighted by Gasteiger charge is -2.31. The number of carbonyl (C=O) groups excluding carboxylic acids is 3. The van der Waals surface area contributed by atoms with Gasteiger partial charge in [-0.3, -0.25) is 19.3 Å². The first-order valence-corrected chi connectivity index (χ1v) is 12.4. The molecular formula is C23H25N5O4S2. The lowest BCUT2D eigenvalue weighted by Crippen LogP contribution is -2.45. The predicted octanol–water partition coefficient (Wildman–Crippen LogP) is 2.88. The monoisotopic (exact) mass is 499 g/mol. The molecule has 1 aliphatic heterocycles. The van der Waals surface area contributed by atoms with Crippen LogP contribution in [-0.4, -0.2) is 41.4 Å². The maximum Gasteiger partial charge on any atom is 0.273 e. The number of nitrogens with two attached hydrogens (primary N) is 2. The number of aromatic nitrogens is 1. The van der Waals surface area contributed by atoms with E-state index in [0.717, 1.165) is 29.9 Å². The summed E-state index contributed by atoms with van der Waals surface area (Å²) in [5, 5.41) is 4.80. The summed E-state index contributed by atoms with van der Waals surface area (Å²) in [6.45, 7) is 2.93. The van der Waals surface area contributed by atoms with Gasteiger partial charge in [0, 0.05) is 23.7 Å². The minimum absolute atomic E-state index is 0.0452. The van der Waals surface area contributed by atoms with E-state index in [4.69, 9.17) is 16.2 Å². The van der Waals surface area contributed by atoms with Crippen LogP contribution in [0.1, 0.15) is 49.5 Å². The molecule has 1 fully saturated rings. The second-order valence-electron chi connectivity index (χ2n) is 7.95. The normalized spacial score (nSPS) is 16.2. The Kier molecular flexibility index (Phi) is 7.25. The fraction of sp³-hybridized carbons (Fsp3) is 0.304. The smallest absolute Gasteiger partial charge is 0.273 e. The van der Waals surface area contributed by atoms with E-state index in [-0.39, 0.29) is 28.3 Å². The molecule has 0 spiro atoms. The van der Waals surface area contributed by atoms with Gasteiger partial charge in [0.25, 0.3) is 11.8 Å². The zero-order valence-electron chi connectivity index (χ0n) is 18.5. The Labute approximate surface area is 204 Å². The second-order valence-corrected chi connectivity index (χ2v) is 9.70. The molecule has 11 heteroatoms. The van der Waals surface area contributed by atoms with Crippen LogP contribution >= 0.6 is 22.9 Å². The maximum absolute atomic E-state index is 13.9. The van der Waals surface area contributed by atoms with Crippen molar-refractivity contribution < 1.29 is 19.1 Å². The molecule has 0 aliphatic carbocycles. The number of carbonyl (C=O) groups is 3. The van der Waals surface area contributed by atoms with Crippen LogP contribution in [0.4, 0.5) is 11.4 Å². The summed E-state index contributed by atoms with van der Waals surface area (Å²) in [6, 6.07) is 9.95. The van der Waals surface area contributed by atoms with Gasteiger partial charge >= 0.3 is 0 Å². The number of anilines is 2. The summed E-state index contributed by atoms with van der Waals surface area (Å²) >= 11 is 2.15. The number of ether oxygens (including phenoxy) is 1. The first kappa shape index (κ1) is 23.9. The van der Waals surface area contributed by atoms with Gasteiger partial charge in [-0.05, 0) is 60.4 Å². The number of hydrogen-bond acceptors (Lipinski definition) is 8. The van der Waals surface area contributed by atoms with E-state index in [9.17, 15) is 14.4 Å². The number of rotatable bonds is 8. The number of aryl methyl sites for hydroxylation is 1. The highest BCUT2D eigenvalue weighted by Gasteiger charge is 2.37. The SMILES string of the molecule is Cc1cccc(N(C(=O)c2snc(C(N)=O)c2N)[C@H](C(=O)NC[C@@H]2CCCO2)c2cccs2)c1. The molecule has 0 bridgehead atoms. The predicted molar refractivity (Wildman–Crippen MR) is 132 cm³/mol. The molecular weight excluding hydrogens is 474 g/mol. The van der Waals surface area contributed by atoms with Crippen molar-refractivity contribution in [3.63, 3.8) is 0 Å². The second kappa shape index (κ2) is 10.3. The number of benzene rings is 1. The first-order valence-electron chi connectivity index (χ1n) is 10.7. The highest BCUT2D eigenvalue weighted by Crippen LogP contribution is 2.35. The van der Waals surface area contributed by atoms with Crippen molar-refractivity contribution in [2.75, 3.05) is 23.8 Å². The van der Waals surface area contributed by atoms with Crippen molar-refractivity contribution in [2.45, 2.75) is 31.9 Å². The van der Waals surface area contributed by atoms with Crippen LogP contribution in [0.3, 0.4) is 0 Å². The first-order chi connectivity index (χ1) is 16.4. The molecule has 178 valence electrons. The molecule has 34 heavy (non-hydrogen) atoms. The van der Waals surface area contributed by atoms with Gasteiger partial charge in [0.2, 0.25) is 5.91 Å². The van der Waals surface area contributed by atoms with Gasteiger partial charge < -0.3 is 21.5 Å². The highest BCUT2D eigenvalue weighted by molar-refractivity contribution is 7.10. The molecule has 2 atom stereocenters. The van der Waals surface area contributed by atoms with Gasteiger partial charge in [-0.15, -0.1) is 11.3 Å². The third-order valence-electron chi connectivity index (χ3n) is 5.50. The topological polar surface area (TPSA) is 141 Å².